The maximum absolute atomic E-state index is 12.9. The topological polar surface area (TPSA) is 78.9 Å². The third kappa shape index (κ3) is 66.0. The van der Waals surface area contributed by atoms with Crippen LogP contribution in [0.5, 0.6) is 0 Å². The van der Waals surface area contributed by atoms with Gasteiger partial charge in [0.15, 0.2) is 6.10 Å². The van der Waals surface area contributed by atoms with E-state index in [2.05, 4.69) is 167 Å². The van der Waals surface area contributed by atoms with Gasteiger partial charge in [-0.25, -0.2) is 0 Å². The van der Waals surface area contributed by atoms with Crippen molar-refractivity contribution in [1.82, 2.24) is 0 Å². The molecule has 0 heterocycles. The molecule has 0 aliphatic carbocycles. The van der Waals surface area contributed by atoms with Gasteiger partial charge in [-0.2, -0.15) is 0 Å². The first-order valence-electron chi connectivity index (χ1n) is 33.3. The lowest BCUT2D eigenvalue weighted by Crippen LogP contribution is -2.30. The Kier molecular flexibility index (Phi) is 63.9. The number of hydrogen-bond acceptors (Lipinski definition) is 6. The zero-order chi connectivity index (χ0) is 58.5. The van der Waals surface area contributed by atoms with Crippen LogP contribution >= 0.6 is 0 Å². The Balaban J connectivity index is 4.32. The maximum Gasteiger partial charge on any atom is 0.306 e. The van der Waals surface area contributed by atoms with Gasteiger partial charge >= 0.3 is 17.9 Å². The Morgan fingerprint density at radius 3 is 0.778 bits per heavy atom. The molecule has 0 aromatic rings. The second kappa shape index (κ2) is 67.8. The lowest BCUT2D eigenvalue weighted by molar-refractivity contribution is -0.167. The first kappa shape index (κ1) is 76.3. The minimum Gasteiger partial charge on any atom is -0.462 e. The van der Waals surface area contributed by atoms with E-state index in [-0.39, 0.29) is 31.1 Å². The monoisotopic (exact) mass is 1120 g/mol. The molecule has 1 atom stereocenters. The van der Waals surface area contributed by atoms with Crippen molar-refractivity contribution in [3.05, 3.63) is 146 Å². The highest BCUT2D eigenvalue weighted by Crippen LogP contribution is 2.15. The number of esters is 3. The van der Waals surface area contributed by atoms with Gasteiger partial charge in [-0.1, -0.05) is 289 Å². The number of allylic oxidation sites excluding steroid dienone is 24. The lowest BCUT2D eigenvalue weighted by Gasteiger charge is -2.18. The molecule has 81 heavy (non-hydrogen) atoms. The Morgan fingerprint density at radius 1 is 0.259 bits per heavy atom. The number of carbonyl (C=O) groups is 3. The second-order valence-corrected chi connectivity index (χ2v) is 21.6. The quantitative estimate of drug-likeness (QED) is 0.0261. The van der Waals surface area contributed by atoms with Crippen LogP contribution in [0.1, 0.15) is 290 Å². The third-order valence-electron chi connectivity index (χ3n) is 13.8. The molecule has 0 aliphatic heterocycles. The van der Waals surface area contributed by atoms with Crippen LogP contribution in [0.4, 0.5) is 0 Å². The van der Waals surface area contributed by atoms with Crippen LogP contribution in [0.3, 0.4) is 0 Å². The highest BCUT2D eigenvalue weighted by atomic mass is 16.6. The fourth-order valence-electron chi connectivity index (χ4n) is 8.85. The average molecular weight is 1120 g/mol. The second-order valence-electron chi connectivity index (χ2n) is 21.6. The van der Waals surface area contributed by atoms with E-state index in [0.29, 0.717) is 25.7 Å². The molecular weight excluding hydrogens is 997 g/mol. The maximum atomic E-state index is 12.9. The Hall–Kier alpha value is -4.71. The zero-order valence-electron chi connectivity index (χ0n) is 52.5. The fourth-order valence-corrected chi connectivity index (χ4v) is 8.85. The van der Waals surface area contributed by atoms with Gasteiger partial charge in [0, 0.05) is 19.3 Å². The van der Waals surface area contributed by atoms with Gasteiger partial charge in [-0.05, 0) is 128 Å². The Bertz CT molecular complexity index is 1760. The number of hydrogen-bond donors (Lipinski definition) is 0. The molecule has 458 valence electrons. The summed E-state index contributed by atoms with van der Waals surface area (Å²) in [6, 6.07) is 0. The van der Waals surface area contributed by atoms with Crippen LogP contribution < -0.4 is 0 Å². The molecule has 0 N–H and O–H groups in total. The highest BCUT2D eigenvalue weighted by molar-refractivity contribution is 5.71. The molecule has 0 bridgehead atoms. The summed E-state index contributed by atoms with van der Waals surface area (Å²) in [4.78, 5) is 38.2. The third-order valence-corrected chi connectivity index (χ3v) is 13.8. The SMILES string of the molecule is CC/C=C\C/C=C\C/C=C\C/C=C\C/C=C\C/C=C\C/C=C\C/C=C\C/C=C\C/C=C\CCCCC(=O)OCC(COC(=O)CCCCCCCCCCC)OC(=O)CCCCCCCCCCC/C=C\C/C=C\CCCCCCC. The van der Waals surface area contributed by atoms with Crippen LogP contribution in [-0.2, 0) is 28.6 Å². The smallest absolute Gasteiger partial charge is 0.306 e. The van der Waals surface area contributed by atoms with Crippen molar-refractivity contribution in [2.24, 2.45) is 0 Å². The molecular formula is C75H122O6. The predicted molar refractivity (Wildman–Crippen MR) is 352 cm³/mol. The summed E-state index contributed by atoms with van der Waals surface area (Å²) in [6.07, 6.45) is 97.3. The van der Waals surface area contributed by atoms with Crippen molar-refractivity contribution in [2.75, 3.05) is 13.2 Å². The molecule has 0 radical (unpaired) electrons. The van der Waals surface area contributed by atoms with Gasteiger partial charge in [0.05, 0.1) is 0 Å². The first-order valence-corrected chi connectivity index (χ1v) is 33.3. The molecule has 0 aromatic heterocycles. The minimum atomic E-state index is -0.802. The van der Waals surface area contributed by atoms with Crippen molar-refractivity contribution in [2.45, 2.75) is 297 Å². The molecule has 0 aromatic carbocycles. The normalized spacial score (nSPS) is 13.1. The number of rotatable bonds is 59. The van der Waals surface area contributed by atoms with E-state index in [1.165, 1.54) is 122 Å². The van der Waals surface area contributed by atoms with Gasteiger partial charge < -0.3 is 14.2 Å². The number of carbonyl (C=O) groups excluding carboxylic acids is 3. The summed E-state index contributed by atoms with van der Waals surface area (Å²) in [6.45, 7) is 6.46. The van der Waals surface area contributed by atoms with E-state index in [4.69, 9.17) is 14.2 Å². The van der Waals surface area contributed by atoms with E-state index >= 15 is 0 Å². The van der Waals surface area contributed by atoms with Crippen LogP contribution in [0.25, 0.3) is 0 Å². The minimum absolute atomic E-state index is 0.0958. The van der Waals surface area contributed by atoms with Gasteiger partial charge in [0.1, 0.15) is 13.2 Å². The van der Waals surface area contributed by atoms with Gasteiger partial charge in [0.2, 0.25) is 0 Å². The largest absolute Gasteiger partial charge is 0.462 e. The fraction of sp³-hybridized carbons (Fsp3) is 0.640. The summed E-state index contributed by atoms with van der Waals surface area (Å²) >= 11 is 0. The van der Waals surface area contributed by atoms with E-state index in [9.17, 15) is 14.4 Å². The van der Waals surface area contributed by atoms with Crippen molar-refractivity contribution in [1.29, 1.82) is 0 Å². The lowest BCUT2D eigenvalue weighted by atomic mass is 10.1. The predicted octanol–water partition coefficient (Wildman–Crippen LogP) is 23.1. The summed E-state index contributed by atoms with van der Waals surface area (Å²) in [5, 5.41) is 0. The molecule has 6 heteroatoms. The van der Waals surface area contributed by atoms with Crippen LogP contribution in [0.2, 0.25) is 0 Å². The highest BCUT2D eigenvalue weighted by Gasteiger charge is 2.19. The van der Waals surface area contributed by atoms with Crippen molar-refractivity contribution in [3.63, 3.8) is 0 Å². The molecule has 0 fully saturated rings. The molecule has 0 rings (SSSR count). The first-order chi connectivity index (χ1) is 40.0. The Labute approximate surface area is 499 Å². The standard InChI is InChI=1S/C75H122O6/c1-4-7-10-13-16-19-21-23-25-27-29-31-32-33-34-35-36-37-38-39-40-41-42-44-45-47-49-51-53-56-59-62-65-68-74(77)80-71-72(70-79-73(76)67-64-61-58-55-18-15-12-9-6-3)81-75(78)69-66-63-60-57-54-52-50-48-46-43-30-28-26-24-22-20-17-14-11-8-5-2/h7,10,16,19,22-25,28-31,33-34,36-37,39-40,42,44,47,49,53,56,72H,4-6,8-9,11-15,17-18,20-21,26-27,32,35,38,41,43,45-46,48,50-52,54-55,57-71H2,1-3H3/b10-7-,19-16-,24-22-,25-23-,30-28-,31-29-,34-33-,37-36-,40-39-,44-42-,49-47-,56-53-. The van der Waals surface area contributed by atoms with Crippen LogP contribution in [0.15, 0.2) is 146 Å². The van der Waals surface area contributed by atoms with Crippen LogP contribution in [-0.4, -0.2) is 37.2 Å². The Morgan fingerprint density at radius 2 is 0.481 bits per heavy atom. The molecule has 0 aliphatic rings. The summed E-state index contributed by atoms with van der Waals surface area (Å²) < 4.78 is 16.8. The number of ether oxygens (including phenoxy) is 3. The van der Waals surface area contributed by atoms with E-state index < -0.39 is 6.10 Å². The van der Waals surface area contributed by atoms with Crippen molar-refractivity contribution < 1.29 is 28.6 Å². The molecule has 1 unspecified atom stereocenters. The molecule has 0 amide bonds. The summed E-state index contributed by atoms with van der Waals surface area (Å²) in [5.74, 6) is -0.948. The van der Waals surface area contributed by atoms with Gasteiger partial charge in [-0.15, -0.1) is 0 Å². The van der Waals surface area contributed by atoms with Gasteiger partial charge in [0.25, 0.3) is 0 Å². The molecule has 0 saturated heterocycles. The molecule has 6 nitrogen and oxygen atoms in total. The molecule has 0 spiro atoms. The van der Waals surface area contributed by atoms with E-state index in [0.717, 1.165) is 122 Å². The van der Waals surface area contributed by atoms with E-state index in [1.54, 1.807) is 0 Å². The summed E-state index contributed by atoms with van der Waals surface area (Å²) in [5.41, 5.74) is 0. The van der Waals surface area contributed by atoms with Crippen LogP contribution in [0, 0.1) is 0 Å². The number of unbranched alkanes of at least 4 members (excludes halogenated alkanes) is 24. The van der Waals surface area contributed by atoms with Crippen molar-refractivity contribution in [3.8, 4) is 0 Å². The van der Waals surface area contributed by atoms with E-state index in [1.807, 2.05) is 0 Å². The summed E-state index contributed by atoms with van der Waals surface area (Å²) in [7, 11) is 0. The zero-order valence-corrected chi connectivity index (χ0v) is 52.5. The average Bonchev–Trinajstić information content (AvgIpc) is 3.47. The van der Waals surface area contributed by atoms with Gasteiger partial charge in [-0.3, -0.25) is 14.4 Å². The molecule has 0 saturated carbocycles. The van der Waals surface area contributed by atoms with Crippen molar-refractivity contribution >= 4 is 17.9 Å².